The molecule has 2 aromatic heterocycles. The van der Waals surface area contributed by atoms with Crippen LogP contribution in [-0.2, 0) is 29.9 Å². The summed E-state index contributed by atoms with van der Waals surface area (Å²) in [6.07, 6.45) is -6.31. The maximum Gasteiger partial charge on any atom is 0.394 e. The molecule has 1 aliphatic heterocycles. The fourth-order valence-electron chi connectivity index (χ4n) is 6.90. The number of ether oxygens (including phenoxy) is 1. The summed E-state index contributed by atoms with van der Waals surface area (Å²) in [5.41, 5.74) is -1.65. The minimum absolute atomic E-state index is 0.0110. The van der Waals surface area contributed by atoms with E-state index < -0.39 is 105 Å². The van der Waals surface area contributed by atoms with Crippen LogP contribution >= 0.6 is 11.6 Å². The first-order valence-electron chi connectivity index (χ1n) is 17.5. The number of benzene rings is 2. The average molecular weight is 879 g/mol. The van der Waals surface area contributed by atoms with Crippen LogP contribution in [0.3, 0.4) is 0 Å². The van der Waals surface area contributed by atoms with Crippen LogP contribution in [0.15, 0.2) is 60.1 Å². The molecular weight excluding hydrogens is 844 g/mol. The summed E-state index contributed by atoms with van der Waals surface area (Å²) in [4.78, 5) is 36.5. The number of nitrogens with zero attached hydrogens (tertiary/aromatic N) is 7. The minimum Gasteiger partial charge on any atom is -0.463 e. The molecular formula is C36H35ClF8N8O5S. The summed E-state index contributed by atoms with van der Waals surface area (Å²) in [6.45, 7) is 1.34. The van der Waals surface area contributed by atoms with Gasteiger partial charge in [-0.2, -0.15) is 27.5 Å². The summed E-state index contributed by atoms with van der Waals surface area (Å²) in [7, 11) is -3.88. The third-order valence-electron chi connectivity index (χ3n) is 10.6. The summed E-state index contributed by atoms with van der Waals surface area (Å²) < 4.78 is 147. The molecule has 3 heterocycles. The topological polar surface area (TPSA) is 168 Å². The zero-order chi connectivity index (χ0) is 43.7. The van der Waals surface area contributed by atoms with E-state index in [-0.39, 0.29) is 40.2 Å². The first-order valence-corrected chi connectivity index (χ1v) is 19.8. The van der Waals surface area contributed by atoms with E-state index in [0.717, 1.165) is 63.1 Å². The van der Waals surface area contributed by atoms with Gasteiger partial charge in [-0.25, -0.2) is 45.0 Å². The van der Waals surface area contributed by atoms with E-state index in [1.54, 1.807) is 0 Å². The Labute approximate surface area is 336 Å². The van der Waals surface area contributed by atoms with Crippen molar-refractivity contribution >= 4 is 39.5 Å². The Kier molecular flexibility index (Phi) is 10.9. The molecule has 0 spiro atoms. The Morgan fingerprint density at radius 1 is 1.05 bits per heavy atom. The first-order chi connectivity index (χ1) is 27.2. The van der Waals surface area contributed by atoms with Gasteiger partial charge in [-0.15, -0.1) is 0 Å². The van der Waals surface area contributed by atoms with Crippen LogP contribution in [-0.4, -0.2) is 80.1 Å². The molecule has 1 aliphatic carbocycles. The van der Waals surface area contributed by atoms with E-state index in [1.807, 2.05) is 0 Å². The van der Waals surface area contributed by atoms with Crippen molar-refractivity contribution < 1.29 is 57.9 Å². The molecule has 0 unspecified atom stereocenters. The van der Waals surface area contributed by atoms with Crippen molar-refractivity contribution in [2.24, 2.45) is 21.6 Å². The number of guanidine groups is 1. The standard InChI is InChI=1S/C36H35ClF8N8O5S/c1-32(2,36(43,44)45)17-35(21-6-7-22(24(38)12-21)20-14-48-51(15-20)59(4,56)57)30(55)52(31(46)50-35)26(16-58-27(54)13-34(9-10-34)33(3,41)42)19-5-8-23(37)25(11-19)53-29(28(39)40)47-18-49-53/h5-8,11-12,14-15,18,26,28H,9-10,13,16-17H2,1-4H3,(H2,46,50)/t26-,35-/m1/s1. The van der Waals surface area contributed by atoms with Crippen LogP contribution in [0.2, 0.25) is 5.02 Å². The molecule has 2 N–H and O–H groups in total. The number of amides is 1. The predicted molar refractivity (Wildman–Crippen MR) is 194 cm³/mol. The maximum atomic E-state index is 16.0. The number of esters is 1. The predicted octanol–water partition coefficient (Wildman–Crippen LogP) is 7.11. The fraction of sp³-hybridized carbons (Fsp3) is 0.444. The molecule has 2 aromatic carbocycles. The zero-order valence-corrected chi connectivity index (χ0v) is 33.0. The highest BCUT2D eigenvalue weighted by molar-refractivity contribution is 7.89. The summed E-state index contributed by atoms with van der Waals surface area (Å²) in [5.74, 6) is -8.35. The van der Waals surface area contributed by atoms with Crippen LogP contribution < -0.4 is 5.73 Å². The molecule has 318 valence electrons. The van der Waals surface area contributed by atoms with E-state index in [2.05, 4.69) is 20.2 Å². The van der Waals surface area contributed by atoms with E-state index in [4.69, 9.17) is 22.1 Å². The highest BCUT2D eigenvalue weighted by Gasteiger charge is 2.61. The van der Waals surface area contributed by atoms with Gasteiger partial charge in [0.2, 0.25) is 0 Å². The molecule has 4 aromatic rings. The maximum absolute atomic E-state index is 16.0. The van der Waals surface area contributed by atoms with Crippen LogP contribution in [0.4, 0.5) is 35.1 Å². The summed E-state index contributed by atoms with van der Waals surface area (Å²) in [5, 5.41) is 7.33. The van der Waals surface area contributed by atoms with Crippen LogP contribution in [0, 0.1) is 16.6 Å². The lowest BCUT2D eigenvalue weighted by Gasteiger charge is -2.37. The number of carbonyl (C=O) groups is 2. The van der Waals surface area contributed by atoms with E-state index in [1.165, 1.54) is 12.1 Å². The molecule has 0 bridgehead atoms. The molecule has 23 heteroatoms. The number of halogens is 9. The molecule has 13 nitrogen and oxygen atoms in total. The number of aromatic nitrogens is 5. The summed E-state index contributed by atoms with van der Waals surface area (Å²) >= 11 is 6.38. The molecule has 1 fully saturated rings. The Balaban J connectivity index is 1.47. The number of alkyl halides is 7. The number of hydrogen-bond acceptors (Lipinski definition) is 10. The van der Waals surface area contributed by atoms with Gasteiger partial charge in [0, 0.05) is 16.5 Å². The number of aliphatic imine (C=N–C) groups is 1. The Morgan fingerprint density at radius 3 is 2.29 bits per heavy atom. The van der Waals surface area contributed by atoms with Crippen LogP contribution in [0.25, 0.3) is 16.8 Å². The zero-order valence-electron chi connectivity index (χ0n) is 31.4. The second kappa shape index (κ2) is 14.9. The second-order valence-corrected chi connectivity index (χ2v) is 17.5. The lowest BCUT2D eigenvalue weighted by atomic mass is 9.74. The highest BCUT2D eigenvalue weighted by Crippen LogP contribution is 2.59. The van der Waals surface area contributed by atoms with Gasteiger partial charge >= 0.3 is 12.1 Å². The van der Waals surface area contributed by atoms with Crippen molar-refractivity contribution in [2.45, 2.75) is 76.6 Å². The largest absolute Gasteiger partial charge is 0.463 e. The SMILES string of the molecule is CC(F)(F)C1(CC(=O)OC[C@H](c2ccc(Cl)c(-n3ncnc3C(F)F)c2)N2C(=O)[C@@](CC(C)(C)C(F)(F)F)(c3ccc(-c4cnn(S(C)(=O)=O)c4)c(F)c3)N=C2N)CC1. The van der Waals surface area contributed by atoms with Crippen molar-refractivity contribution in [2.75, 3.05) is 12.9 Å². The third kappa shape index (κ3) is 8.12. The van der Waals surface area contributed by atoms with Gasteiger partial charge in [0.05, 0.1) is 47.2 Å². The van der Waals surface area contributed by atoms with E-state index in [0.29, 0.717) is 20.6 Å². The van der Waals surface area contributed by atoms with E-state index >= 15 is 4.39 Å². The van der Waals surface area contributed by atoms with Gasteiger partial charge in [0.25, 0.3) is 28.3 Å². The highest BCUT2D eigenvalue weighted by atomic mass is 35.5. The van der Waals surface area contributed by atoms with Crippen molar-refractivity contribution in [3.05, 3.63) is 82.9 Å². The Hall–Kier alpha value is -5.12. The quantitative estimate of drug-likeness (QED) is 0.103. The van der Waals surface area contributed by atoms with Crippen molar-refractivity contribution in [1.29, 1.82) is 0 Å². The van der Waals surface area contributed by atoms with Crippen LogP contribution in [0.1, 0.15) is 75.9 Å². The Morgan fingerprint density at radius 2 is 1.73 bits per heavy atom. The smallest absolute Gasteiger partial charge is 0.394 e. The van der Waals surface area contributed by atoms with Gasteiger partial charge in [0.1, 0.15) is 18.8 Å². The van der Waals surface area contributed by atoms with Crippen LogP contribution in [0.5, 0.6) is 0 Å². The van der Waals surface area contributed by atoms with Gasteiger partial charge in [-0.3, -0.25) is 14.5 Å². The molecule has 1 saturated carbocycles. The van der Waals surface area contributed by atoms with Gasteiger partial charge in [-0.1, -0.05) is 43.6 Å². The normalized spacial score (nSPS) is 19.0. The molecule has 2 aliphatic rings. The van der Waals surface area contributed by atoms with Gasteiger partial charge < -0.3 is 10.5 Å². The van der Waals surface area contributed by atoms with Crippen molar-refractivity contribution in [3.63, 3.8) is 0 Å². The van der Waals surface area contributed by atoms with Crippen molar-refractivity contribution in [3.8, 4) is 16.8 Å². The molecule has 0 radical (unpaired) electrons. The number of rotatable bonds is 14. The fourth-order valence-corrected chi connectivity index (χ4v) is 7.62. The lowest BCUT2D eigenvalue weighted by Crippen LogP contribution is -2.49. The molecule has 0 saturated heterocycles. The second-order valence-electron chi connectivity index (χ2n) is 15.2. The minimum atomic E-state index is -4.98. The first kappa shape index (κ1) is 43.5. The van der Waals surface area contributed by atoms with Crippen molar-refractivity contribution in [1.82, 2.24) is 28.9 Å². The Bertz CT molecular complexity index is 2450. The number of hydrogen-bond donors (Lipinski definition) is 1. The molecule has 2 atom stereocenters. The molecule has 59 heavy (non-hydrogen) atoms. The number of carbonyl (C=O) groups excluding carboxylic acids is 2. The van der Waals surface area contributed by atoms with Gasteiger partial charge in [0.15, 0.2) is 17.3 Å². The molecule has 6 rings (SSSR count). The van der Waals surface area contributed by atoms with E-state index in [9.17, 15) is 48.7 Å². The summed E-state index contributed by atoms with van der Waals surface area (Å²) in [6, 6.07) is 4.90. The van der Waals surface area contributed by atoms with Gasteiger partial charge in [-0.05, 0) is 55.5 Å². The number of nitrogens with two attached hydrogens (primary N) is 1. The average Bonchev–Trinajstić information content (AvgIpc) is 3.43. The third-order valence-corrected chi connectivity index (χ3v) is 11.8. The monoisotopic (exact) mass is 878 g/mol. The molecule has 1 amide bonds. The lowest BCUT2D eigenvalue weighted by molar-refractivity contribution is -0.218.